The molecule has 0 aliphatic heterocycles. The van der Waals surface area contributed by atoms with E-state index in [1.807, 2.05) is 20.8 Å². The lowest BCUT2D eigenvalue weighted by atomic mass is 10.1. The molecule has 3 N–H and O–H groups in total. The fourth-order valence-corrected chi connectivity index (χ4v) is 1.47. The molecule has 0 aromatic carbocycles. The van der Waals surface area contributed by atoms with E-state index in [0.717, 1.165) is 0 Å². The molecular weight excluding hydrogens is 206 g/mol. The summed E-state index contributed by atoms with van der Waals surface area (Å²) in [6.45, 7) is 8.15. The Morgan fingerprint density at radius 2 is 2.12 bits per heavy atom. The molecule has 1 heterocycles. The number of hydrogen-bond acceptors (Lipinski definition) is 4. The molecule has 0 radical (unpaired) electrons. The van der Waals surface area contributed by atoms with Gasteiger partial charge in [0.1, 0.15) is 17.7 Å². The summed E-state index contributed by atoms with van der Waals surface area (Å²) in [6.07, 6.45) is -0.222. The number of anilines is 1. The zero-order chi connectivity index (χ0) is 12.3. The quantitative estimate of drug-likeness (QED) is 0.811. The molecular formula is C11H19N3O2. The summed E-state index contributed by atoms with van der Waals surface area (Å²) in [7, 11) is 0. The minimum absolute atomic E-state index is 0.201. The number of rotatable bonds is 4. The SMILES string of the molecule is CCOC(c1nc(N)c(C)c(=O)[nH]1)C(C)C. The van der Waals surface area contributed by atoms with Gasteiger partial charge in [-0.05, 0) is 19.8 Å². The van der Waals surface area contributed by atoms with Crippen LogP contribution in [0.5, 0.6) is 0 Å². The minimum atomic E-state index is -0.222. The molecule has 0 fully saturated rings. The first-order valence-electron chi connectivity index (χ1n) is 5.45. The first-order valence-corrected chi connectivity index (χ1v) is 5.45. The van der Waals surface area contributed by atoms with Gasteiger partial charge in [0.2, 0.25) is 0 Å². The van der Waals surface area contributed by atoms with Gasteiger partial charge < -0.3 is 15.5 Å². The van der Waals surface area contributed by atoms with Crippen molar-refractivity contribution < 1.29 is 4.74 Å². The van der Waals surface area contributed by atoms with E-state index in [1.165, 1.54) is 0 Å². The standard InChI is InChI=1S/C11H19N3O2/c1-5-16-8(6(2)3)10-13-9(12)7(4)11(15)14-10/h6,8H,5H2,1-4H3,(H3,12,13,14,15). The molecule has 5 nitrogen and oxygen atoms in total. The highest BCUT2D eigenvalue weighted by Gasteiger charge is 2.19. The molecule has 0 bridgehead atoms. The highest BCUT2D eigenvalue weighted by atomic mass is 16.5. The summed E-state index contributed by atoms with van der Waals surface area (Å²) in [4.78, 5) is 18.4. The van der Waals surface area contributed by atoms with Crippen LogP contribution in [0.3, 0.4) is 0 Å². The fraction of sp³-hybridized carbons (Fsp3) is 0.636. The van der Waals surface area contributed by atoms with Gasteiger partial charge in [-0.15, -0.1) is 0 Å². The maximum atomic E-state index is 11.6. The summed E-state index contributed by atoms with van der Waals surface area (Å²) in [5, 5.41) is 0. The molecule has 16 heavy (non-hydrogen) atoms. The Morgan fingerprint density at radius 3 is 2.56 bits per heavy atom. The van der Waals surface area contributed by atoms with Crippen LogP contribution in [0.15, 0.2) is 4.79 Å². The van der Waals surface area contributed by atoms with Crippen molar-refractivity contribution in [3.8, 4) is 0 Å². The molecule has 0 aliphatic carbocycles. The van der Waals surface area contributed by atoms with Crippen molar-refractivity contribution in [2.75, 3.05) is 12.3 Å². The smallest absolute Gasteiger partial charge is 0.255 e. The number of nitrogens with two attached hydrogens (primary N) is 1. The Kier molecular flexibility index (Phi) is 4.06. The van der Waals surface area contributed by atoms with Gasteiger partial charge in [0.15, 0.2) is 0 Å². The molecule has 0 spiro atoms. The summed E-state index contributed by atoms with van der Waals surface area (Å²) in [5.41, 5.74) is 5.91. The summed E-state index contributed by atoms with van der Waals surface area (Å²) in [6, 6.07) is 0. The monoisotopic (exact) mass is 225 g/mol. The van der Waals surface area contributed by atoms with E-state index in [4.69, 9.17) is 10.5 Å². The highest BCUT2D eigenvalue weighted by molar-refractivity contribution is 5.36. The van der Waals surface area contributed by atoms with E-state index in [1.54, 1.807) is 6.92 Å². The Labute approximate surface area is 95.0 Å². The van der Waals surface area contributed by atoms with Gasteiger partial charge in [0.25, 0.3) is 5.56 Å². The number of ether oxygens (including phenoxy) is 1. The number of nitrogens with one attached hydrogen (secondary N) is 1. The van der Waals surface area contributed by atoms with Crippen LogP contribution in [-0.2, 0) is 4.74 Å². The molecule has 1 unspecified atom stereocenters. The second-order valence-corrected chi connectivity index (χ2v) is 4.08. The molecule has 1 atom stereocenters. The van der Waals surface area contributed by atoms with E-state index < -0.39 is 0 Å². The van der Waals surface area contributed by atoms with Gasteiger partial charge in [-0.3, -0.25) is 4.79 Å². The number of nitrogen functional groups attached to an aromatic ring is 1. The highest BCUT2D eigenvalue weighted by Crippen LogP contribution is 2.22. The minimum Gasteiger partial charge on any atom is -0.383 e. The topological polar surface area (TPSA) is 81.0 Å². The molecule has 1 aromatic heterocycles. The van der Waals surface area contributed by atoms with Crippen LogP contribution < -0.4 is 11.3 Å². The average Bonchev–Trinajstić information content (AvgIpc) is 2.21. The number of aromatic nitrogens is 2. The zero-order valence-corrected chi connectivity index (χ0v) is 10.2. The van der Waals surface area contributed by atoms with Gasteiger partial charge in [-0.2, -0.15) is 0 Å². The Hall–Kier alpha value is -1.36. The zero-order valence-electron chi connectivity index (χ0n) is 10.2. The first-order chi connectivity index (χ1) is 7.47. The number of aromatic amines is 1. The molecule has 0 amide bonds. The summed E-state index contributed by atoms with van der Waals surface area (Å²) >= 11 is 0. The Morgan fingerprint density at radius 1 is 1.50 bits per heavy atom. The lowest BCUT2D eigenvalue weighted by Gasteiger charge is -2.20. The predicted molar refractivity (Wildman–Crippen MR) is 63.2 cm³/mol. The van der Waals surface area contributed by atoms with Crippen molar-refractivity contribution in [1.29, 1.82) is 0 Å². The fourth-order valence-electron chi connectivity index (χ4n) is 1.47. The predicted octanol–water partition coefficient (Wildman–Crippen LogP) is 1.39. The van der Waals surface area contributed by atoms with Gasteiger partial charge in [0, 0.05) is 6.61 Å². The van der Waals surface area contributed by atoms with Gasteiger partial charge in [0.05, 0.1) is 5.56 Å². The number of nitrogens with zero attached hydrogens (tertiary/aromatic N) is 1. The third kappa shape index (κ3) is 2.61. The van der Waals surface area contributed by atoms with E-state index in [0.29, 0.717) is 18.0 Å². The molecule has 1 rings (SSSR count). The third-order valence-electron chi connectivity index (χ3n) is 2.43. The van der Waals surface area contributed by atoms with E-state index in [2.05, 4.69) is 9.97 Å². The summed E-state index contributed by atoms with van der Waals surface area (Å²) in [5.74, 6) is 0.999. The molecule has 1 aromatic rings. The van der Waals surface area contributed by atoms with E-state index in [9.17, 15) is 4.79 Å². The van der Waals surface area contributed by atoms with Gasteiger partial charge in [-0.25, -0.2) is 4.98 Å². The van der Waals surface area contributed by atoms with Crippen LogP contribution in [-0.4, -0.2) is 16.6 Å². The second-order valence-electron chi connectivity index (χ2n) is 4.08. The number of hydrogen-bond donors (Lipinski definition) is 2. The summed E-state index contributed by atoms with van der Waals surface area (Å²) < 4.78 is 5.55. The number of H-pyrrole nitrogens is 1. The molecule has 0 aliphatic rings. The van der Waals surface area contributed by atoms with E-state index in [-0.39, 0.29) is 23.4 Å². The van der Waals surface area contributed by atoms with Crippen molar-refractivity contribution in [2.45, 2.75) is 33.8 Å². The third-order valence-corrected chi connectivity index (χ3v) is 2.43. The van der Waals surface area contributed by atoms with Crippen molar-refractivity contribution in [1.82, 2.24) is 9.97 Å². The van der Waals surface area contributed by atoms with Gasteiger partial charge >= 0.3 is 0 Å². The van der Waals surface area contributed by atoms with Gasteiger partial charge in [-0.1, -0.05) is 13.8 Å². The van der Waals surface area contributed by atoms with Crippen LogP contribution >= 0.6 is 0 Å². The van der Waals surface area contributed by atoms with E-state index >= 15 is 0 Å². The molecule has 0 saturated heterocycles. The Bertz CT molecular complexity index is 412. The van der Waals surface area contributed by atoms with Crippen LogP contribution in [0.1, 0.15) is 38.3 Å². The van der Waals surface area contributed by atoms with Crippen LogP contribution in [0, 0.1) is 12.8 Å². The first kappa shape index (κ1) is 12.7. The lowest BCUT2D eigenvalue weighted by molar-refractivity contribution is 0.0231. The molecule has 5 heteroatoms. The maximum Gasteiger partial charge on any atom is 0.255 e. The lowest BCUT2D eigenvalue weighted by Crippen LogP contribution is -2.22. The van der Waals surface area contributed by atoms with Crippen molar-refractivity contribution >= 4 is 5.82 Å². The van der Waals surface area contributed by atoms with Crippen LogP contribution in [0.2, 0.25) is 0 Å². The molecule has 0 saturated carbocycles. The van der Waals surface area contributed by atoms with Crippen molar-refractivity contribution in [2.24, 2.45) is 5.92 Å². The van der Waals surface area contributed by atoms with Crippen LogP contribution in [0.25, 0.3) is 0 Å². The maximum absolute atomic E-state index is 11.6. The largest absolute Gasteiger partial charge is 0.383 e. The second kappa shape index (κ2) is 5.12. The van der Waals surface area contributed by atoms with Crippen molar-refractivity contribution in [3.63, 3.8) is 0 Å². The molecule has 90 valence electrons. The average molecular weight is 225 g/mol. The van der Waals surface area contributed by atoms with Crippen LogP contribution in [0.4, 0.5) is 5.82 Å². The van der Waals surface area contributed by atoms with Crippen molar-refractivity contribution in [3.05, 3.63) is 21.7 Å². The normalized spacial score (nSPS) is 13.1. The Balaban J connectivity index is 3.15.